The number of hydrogen-bond donors (Lipinski definition) is 2. The third-order valence-corrected chi connectivity index (χ3v) is 11.6. The van der Waals surface area contributed by atoms with Crippen LogP contribution in [0.25, 0.3) is 0 Å². The summed E-state index contributed by atoms with van der Waals surface area (Å²) in [7, 11) is 0. The lowest BCUT2D eigenvalue weighted by molar-refractivity contribution is -0.154. The Kier molecular flexibility index (Phi) is 4.82. The fraction of sp³-hybridized carbons (Fsp3) is 0.964. The van der Waals surface area contributed by atoms with Crippen LogP contribution in [0.4, 0.5) is 0 Å². The van der Waals surface area contributed by atoms with Gasteiger partial charge in [0.15, 0.2) is 0 Å². The quantitative estimate of drug-likeness (QED) is 0.589. The minimum Gasteiger partial charge on any atom is -0.390 e. The Morgan fingerprint density at radius 1 is 1.03 bits per heavy atom. The van der Waals surface area contributed by atoms with E-state index in [1.165, 1.54) is 0 Å². The molecule has 0 aromatic carbocycles. The average Bonchev–Trinajstić information content (AvgIpc) is 3.44. The number of fused-ring (bicyclic) bond motifs is 6. The Bertz CT molecular complexity index is 847. The van der Waals surface area contributed by atoms with Crippen molar-refractivity contribution >= 4 is 5.78 Å². The molecule has 4 saturated carbocycles. The highest BCUT2D eigenvalue weighted by Gasteiger charge is 2.66. The molecule has 1 aliphatic heterocycles. The molecule has 5 rings (SSSR count). The number of Topliss-reactive ketones (excluding diaryl/α,β-unsaturated/α-hetero) is 1. The van der Waals surface area contributed by atoms with Crippen molar-refractivity contribution in [2.45, 2.75) is 111 Å². The van der Waals surface area contributed by atoms with E-state index in [0.29, 0.717) is 42.2 Å². The monoisotopic (exact) mass is 449 g/mol. The lowest BCUT2D eigenvalue weighted by Gasteiger charge is -2.59. The van der Waals surface area contributed by atoms with Gasteiger partial charge in [0.1, 0.15) is 5.78 Å². The fourth-order valence-electron chi connectivity index (χ4n) is 9.38. The molecule has 5 fully saturated rings. The van der Waals surface area contributed by atoms with E-state index in [4.69, 9.17) is 8.85 Å². The molecule has 0 bridgehead atoms. The molecule has 32 heavy (non-hydrogen) atoms. The normalized spacial score (nSPS) is 53.8. The molecule has 4 aliphatic carbocycles. The van der Waals surface area contributed by atoms with Crippen molar-refractivity contribution in [3.8, 4) is 0 Å². The first-order valence-electron chi connectivity index (χ1n) is 14.7. The summed E-state index contributed by atoms with van der Waals surface area (Å²) in [4.78, 5) is 13.4. The summed E-state index contributed by atoms with van der Waals surface area (Å²) in [6, 6.07) is 0. The van der Waals surface area contributed by atoms with Gasteiger partial charge in [-0.1, -0.05) is 41.5 Å². The van der Waals surface area contributed by atoms with Crippen LogP contribution in [0, 0.1) is 58.2 Å². The molecule has 4 nitrogen and oxygen atoms in total. The Hall–Kier alpha value is -0.450. The first kappa shape index (κ1) is 19.8. The average molecular weight is 450 g/mol. The minimum absolute atomic E-state index is 0.0386. The van der Waals surface area contributed by atoms with Crippen LogP contribution in [0.3, 0.4) is 0 Å². The third kappa shape index (κ3) is 3.29. The van der Waals surface area contributed by atoms with Gasteiger partial charge in [-0.2, -0.15) is 0 Å². The Labute approximate surface area is 199 Å². The SMILES string of the molecule is [2H]C([2H])([2H])C(C)[C@H](C)[C@@H](O)[C@H](O)[C@@H](C)[C@H]1CC[C@H]2[C@@H]3CC(=O)[C@H]4C[C@@H]5O[C@@H]5C[C@]4(C)[C@H]3CC[C@]12C. The summed E-state index contributed by atoms with van der Waals surface area (Å²) in [5.41, 5.74) is 0.0934. The van der Waals surface area contributed by atoms with Crippen molar-refractivity contribution < 1.29 is 23.9 Å². The largest absolute Gasteiger partial charge is 0.390 e. The first-order chi connectivity index (χ1) is 16.2. The standard InChI is InChI=1S/C28H46O4/c1-14(2)15(3)25(30)26(31)16(4)18-7-8-19-17-11-22(29)21-12-23-24(32-23)13-28(21,6)20(17)9-10-27(18,19)5/h14-21,23-26,30-31H,7-13H2,1-6H3/t15-,16-,17-,18+,19-,20-,21+,23-,24+,25+,26+,27+,28+/m0/s1/i1D3/t14?,15-,16-,17-,18+,19-,20-,21+,23-,24+,25+,26+,27+,28+. The summed E-state index contributed by atoms with van der Waals surface area (Å²) in [5, 5.41) is 22.2. The summed E-state index contributed by atoms with van der Waals surface area (Å²) in [6.07, 6.45) is 5.62. The van der Waals surface area contributed by atoms with Crippen molar-refractivity contribution in [1.82, 2.24) is 0 Å². The Balaban J connectivity index is 1.33. The Morgan fingerprint density at radius 2 is 1.75 bits per heavy atom. The lowest BCUT2D eigenvalue weighted by atomic mass is 9.44. The number of carbonyl (C=O) groups is 1. The third-order valence-electron chi connectivity index (χ3n) is 11.6. The summed E-state index contributed by atoms with van der Waals surface area (Å²) >= 11 is 0. The van der Waals surface area contributed by atoms with E-state index in [1.807, 2.05) is 6.92 Å². The van der Waals surface area contributed by atoms with E-state index < -0.39 is 30.9 Å². The van der Waals surface area contributed by atoms with Crippen molar-refractivity contribution in [1.29, 1.82) is 0 Å². The second-order valence-corrected chi connectivity index (χ2v) is 13.0. The molecule has 182 valence electrons. The number of ketones is 1. The van der Waals surface area contributed by atoms with Crippen LogP contribution >= 0.6 is 0 Å². The van der Waals surface area contributed by atoms with Crippen LogP contribution in [0.15, 0.2) is 0 Å². The topological polar surface area (TPSA) is 70.1 Å². The second-order valence-electron chi connectivity index (χ2n) is 13.0. The molecule has 0 aromatic rings. The van der Waals surface area contributed by atoms with E-state index in [1.54, 1.807) is 13.8 Å². The molecule has 0 radical (unpaired) electrons. The molecule has 1 unspecified atom stereocenters. The number of hydrogen-bond acceptors (Lipinski definition) is 4. The van der Waals surface area contributed by atoms with Crippen LogP contribution in [0.1, 0.15) is 90.5 Å². The van der Waals surface area contributed by atoms with Crippen LogP contribution in [-0.2, 0) is 9.53 Å². The second kappa shape index (κ2) is 7.78. The maximum absolute atomic E-state index is 13.4. The number of epoxide rings is 1. The molecule has 14 atom stereocenters. The highest BCUT2D eigenvalue weighted by molar-refractivity contribution is 5.83. The zero-order chi connectivity index (χ0) is 25.7. The molecule has 1 heterocycles. The van der Waals surface area contributed by atoms with Gasteiger partial charge >= 0.3 is 0 Å². The van der Waals surface area contributed by atoms with Crippen molar-refractivity contribution in [2.24, 2.45) is 58.2 Å². The van der Waals surface area contributed by atoms with Gasteiger partial charge in [0, 0.05) is 16.5 Å². The molecule has 0 amide bonds. The molecule has 2 N–H and O–H groups in total. The smallest absolute Gasteiger partial charge is 0.136 e. The zero-order valence-electron chi connectivity index (χ0n) is 23.6. The maximum Gasteiger partial charge on any atom is 0.136 e. The van der Waals surface area contributed by atoms with Crippen molar-refractivity contribution in [3.05, 3.63) is 0 Å². The van der Waals surface area contributed by atoms with Gasteiger partial charge in [-0.3, -0.25) is 4.79 Å². The number of rotatable bonds is 5. The number of aliphatic hydroxyl groups is 2. The van der Waals surface area contributed by atoms with Crippen LogP contribution in [0.5, 0.6) is 0 Å². The van der Waals surface area contributed by atoms with Crippen molar-refractivity contribution in [2.75, 3.05) is 0 Å². The summed E-state index contributed by atoms with van der Waals surface area (Å²) < 4.78 is 29.1. The van der Waals surface area contributed by atoms with Crippen molar-refractivity contribution in [3.63, 3.8) is 0 Å². The van der Waals surface area contributed by atoms with E-state index >= 15 is 0 Å². The van der Waals surface area contributed by atoms with Crippen LogP contribution in [0.2, 0.25) is 0 Å². The number of ether oxygens (including phenoxy) is 1. The van der Waals surface area contributed by atoms with Gasteiger partial charge in [0.25, 0.3) is 0 Å². The predicted molar refractivity (Wildman–Crippen MR) is 125 cm³/mol. The van der Waals surface area contributed by atoms with Gasteiger partial charge in [-0.15, -0.1) is 0 Å². The number of aliphatic hydroxyl groups excluding tert-OH is 2. The zero-order valence-corrected chi connectivity index (χ0v) is 20.6. The van der Waals surface area contributed by atoms with Gasteiger partial charge < -0.3 is 14.9 Å². The van der Waals surface area contributed by atoms with Gasteiger partial charge in [0.2, 0.25) is 0 Å². The Morgan fingerprint density at radius 3 is 2.47 bits per heavy atom. The molecule has 4 heteroatoms. The highest BCUT2D eigenvalue weighted by atomic mass is 16.6. The lowest BCUT2D eigenvalue weighted by Crippen LogP contribution is -2.57. The van der Waals surface area contributed by atoms with Gasteiger partial charge in [-0.05, 0) is 90.8 Å². The number of carbonyl (C=O) groups excluding carboxylic acids is 1. The molecule has 0 spiro atoms. The first-order valence-corrected chi connectivity index (χ1v) is 13.2. The molecule has 1 saturated heterocycles. The summed E-state index contributed by atoms with van der Waals surface area (Å²) in [5.74, 6) is 0.985. The molecule has 0 aromatic heterocycles. The van der Waals surface area contributed by atoms with E-state index in [-0.39, 0.29) is 28.6 Å². The van der Waals surface area contributed by atoms with Crippen LogP contribution in [-0.4, -0.2) is 40.4 Å². The molecular formula is C28H46O4. The molecular weight excluding hydrogens is 400 g/mol. The maximum atomic E-state index is 13.4. The fourth-order valence-corrected chi connectivity index (χ4v) is 9.38. The van der Waals surface area contributed by atoms with Gasteiger partial charge in [-0.25, -0.2) is 0 Å². The van der Waals surface area contributed by atoms with Gasteiger partial charge in [0.05, 0.1) is 24.4 Å². The van der Waals surface area contributed by atoms with E-state index in [2.05, 4.69) is 13.8 Å². The van der Waals surface area contributed by atoms with E-state index in [0.717, 1.165) is 38.5 Å². The molecule has 5 aliphatic rings. The predicted octanol–water partition coefficient (Wildman–Crippen LogP) is 4.85. The summed E-state index contributed by atoms with van der Waals surface area (Å²) in [6.45, 7) is 8.01. The minimum atomic E-state index is -2.15. The van der Waals surface area contributed by atoms with Crippen LogP contribution < -0.4 is 0 Å². The highest BCUT2D eigenvalue weighted by Crippen LogP contribution is 2.69. The van der Waals surface area contributed by atoms with E-state index in [9.17, 15) is 15.0 Å².